The number of carbonyl (C=O) groups is 2. The summed E-state index contributed by atoms with van der Waals surface area (Å²) in [6, 6.07) is -0.557. The van der Waals surface area contributed by atoms with E-state index in [1.54, 1.807) is 0 Å². The fourth-order valence-corrected chi connectivity index (χ4v) is 8.69. The number of rotatable bonds is 52. The standard InChI is InChI=1S/C57H109NO5/c1-3-5-7-9-11-13-15-17-18-19-20-23-27-31-35-39-43-47-51-57(62)63-52-48-44-40-36-32-28-24-21-22-26-30-34-38-42-46-50-56(61)58-54(53-59)55(60)49-45-41-37-33-29-25-16-14-12-10-8-6-4-2/h21,24,28,32,54-55,59-60H,3-20,22-23,25-27,29-31,33-53H2,1-2H3,(H,58,61)/b24-21-,32-28-. The molecule has 0 bridgehead atoms. The predicted octanol–water partition coefficient (Wildman–Crippen LogP) is 17.1. The molecule has 372 valence electrons. The van der Waals surface area contributed by atoms with Gasteiger partial charge in [-0.15, -0.1) is 0 Å². The van der Waals surface area contributed by atoms with E-state index in [-0.39, 0.29) is 18.5 Å². The van der Waals surface area contributed by atoms with Crippen LogP contribution in [0.4, 0.5) is 0 Å². The Morgan fingerprint density at radius 1 is 0.444 bits per heavy atom. The highest BCUT2D eigenvalue weighted by molar-refractivity contribution is 5.76. The Morgan fingerprint density at radius 3 is 1.17 bits per heavy atom. The number of aliphatic hydroxyl groups is 2. The molecule has 0 aromatic rings. The van der Waals surface area contributed by atoms with Gasteiger partial charge in [0.2, 0.25) is 5.91 Å². The zero-order valence-electron chi connectivity index (χ0n) is 42.3. The molecule has 1 amide bonds. The van der Waals surface area contributed by atoms with Crippen molar-refractivity contribution in [2.75, 3.05) is 13.2 Å². The van der Waals surface area contributed by atoms with Crippen molar-refractivity contribution < 1.29 is 24.5 Å². The van der Waals surface area contributed by atoms with Crippen LogP contribution in [0.3, 0.4) is 0 Å². The largest absolute Gasteiger partial charge is 0.466 e. The third-order valence-corrected chi connectivity index (χ3v) is 13.0. The third kappa shape index (κ3) is 49.6. The minimum atomic E-state index is -0.677. The molecule has 63 heavy (non-hydrogen) atoms. The van der Waals surface area contributed by atoms with Gasteiger partial charge in [-0.1, -0.05) is 256 Å². The number of esters is 1. The maximum Gasteiger partial charge on any atom is 0.305 e. The predicted molar refractivity (Wildman–Crippen MR) is 273 cm³/mol. The first-order chi connectivity index (χ1) is 31.0. The lowest BCUT2D eigenvalue weighted by atomic mass is 10.0. The second-order valence-corrected chi connectivity index (χ2v) is 19.3. The van der Waals surface area contributed by atoms with Crippen molar-refractivity contribution in [3.63, 3.8) is 0 Å². The van der Waals surface area contributed by atoms with Crippen LogP contribution in [0.2, 0.25) is 0 Å². The molecule has 3 N–H and O–H groups in total. The number of hydrogen-bond donors (Lipinski definition) is 3. The van der Waals surface area contributed by atoms with Crippen LogP contribution in [0.5, 0.6) is 0 Å². The van der Waals surface area contributed by atoms with Gasteiger partial charge in [0.1, 0.15) is 0 Å². The van der Waals surface area contributed by atoms with Gasteiger partial charge in [-0.05, 0) is 57.8 Å². The van der Waals surface area contributed by atoms with Crippen molar-refractivity contribution in [3.05, 3.63) is 24.3 Å². The lowest BCUT2D eigenvalue weighted by Crippen LogP contribution is -2.45. The number of unbranched alkanes of at least 4 members (excludes halogenated alkanes) is 38. The lowest BCUT2D eigenvalue weighted by molar-refractivity contribution is -0.143. The van der Waals surface area contributed by atoms with Crippen molar-refractivity contribution in [1.29, 1.82) is 0 Å². The van der Waals surface area contributed by atoms with Gasteiger partial charge in [0, 0.05) is 12.8 Å². The summed E-state index contributed by atoms with van der Waals surface area (Å²) in [5.41, 5.74) is 0. The van der Waals surface area contributed by atoms with E-state index in [0.717, 1.165) is 77.0 Å². The van der Waals surface area contributed by atoms with Gasteiger partial charge in [0.25, 0.3) is 0 Å². The van der Waals surface area contributed by atoms with Crippen molar-refractivity contribution in [3.8, 4) is 0 Å². The normalized spacial score (nSPS) is 12.8. The Kier molecular flexibility index (Phi) is 51.6. The number of carbonyl (C=O) groups excluding carboxylic acids is 2. The minimum Gasteiger partial charge on any atom is -0.466 e. The van der Waals surface area contributed by atoms with Crippen LogP contribution in [0.15, 0.2) is 24.3 Å². The second-order valence-electron chi connectivity index (χ2n) is 19.3. The molecule has 6 heteroatoms. The van der Waals surface area contributed by atoms with Gasteiger partial charge in [0.15, 0.2) is 0 Å². The number of aliphatic hydroxyl groups excluding tert-OH is 2. The van der Waals surface area contributed by atoms with Crippen LogP contribution in [0, 0.1) is 0 Å². The Bertz CT molecular complexity index is 982. The lowest BCUT2D eigenvalue weighted by Gasteiger charge is -2.22. The molecule has 2 unspecified atom stereocenters. The summed E-state index contributed by atoms with van der Waals surface area (Å²) in [4.78, 5) is 24.5. The minimum absolute atomic E-state index is 0.0172. The van der Waals surface area contributed by atoms with E-state index in [1.807, 2.05) is 0 Å². The first kappa shape index (κ1) is 61.3. The van der Waals surface area contributed by atoms with Crippen LogP contribution in [-0.4, -0.2) is 47.4 Å². The first-order valence-electron chi connectivity index (χ1n) is 28.1. The van der Waals surface area contributed by atoms with E-state index < -0.39 is 12.1 Å². The molecule has 6 nitrogen and oxygen atoms in total. The fourth-order valence-electron chi connectivity index (χ4n) is 8.69. The molecular formula is C57H109NO5. The molecule has 0 aliphatic heterocycles. The van der Waals surface area contributed by atoms with Gasteiger partial charge in [-0.2, -0.15) is 0 Å². The van der Waals surface area contributed by atoms with Crippen LogP contribution in [0.25, 0.3) is 0 Å². The highest BCUT2D eigenvalue weighted by Crippen LogP contribution is 2.17. The highest BCUT2D eigenvalue weighted by atomic mass is 16.5. The smallest absolute Gasteiger partial charge is 0.305 e. The van der Waals surface area contributed by atoms with E-state index in [2.05, 4.69) is 43.5 Å². The molecule has 0 aliphatic carbocycles. The third-order valence-electron chi connectivity index (χ3n) is 13.0. The first-order valence-corrected chi connectivity index (χ1v) is 28.1. The van der Waals surface area contributed by atoms with Crippen molar-refractivity contribution >= 4 is 11.9 Å². The molecule has 2 atom stereocenters. The molecule has 0 heterocycles. The summed E-state index contributed by atoms with van der Waals surface area (Å²) in [5.74, 6) is -0.0742. The molecule has 0 aromatic heterocycles. The van der Waals surface area contributed by atoms with Gasteiger partial charge in [-0.25, -0.2) is 0 Å². The number of amides is 1. The average Bonchev–Trinajstić information content (AvgIpc) is 3.28. The summed E-state index contributed by atoms with van der Waals surface area (Å²) in [7, 11) is 0. The summed E-state index contributed by atoms with van der Waals surface area (Å²) >= 11 is 0. The van der Waals surface area contributed by atoms with Crippen LogP contribution < -0.4 is 5.32 Å². The number of ether oxygens (including phenoxy) is 1. The Labute approximate surface area is 392 Å². The molecule has 0 aliphatic rings. The maximum absolute atomic E-state index is 12.4. The van der Waals surface area contributed by atoms with E-state index >= 15 is 0 Å². The molecule has 0 saturated carbocycles. The molecule has 0 rings (SSSR count). The molecule has 0 spiro atoms. The molecule has 0 fully saturated rings. The van der Waals surface area contributed by atoms with E-state index in [1.165, 1.54) is 193 Å². The fraction of sp³-hybridized carbons (Fsp3) is 0.895. The van der Waals surface area contributed by atoms with Gasteiger partial charge < -0.3 is 20.3 Å². The molecule has 0 radical (unpaired) electrons. The van der Waals surface area contributed by atoms with Gasteiger partial charge >= 0.3 is 5.97 Å². The summed E-state index contributed by atoms with van der Waals surface area (Å²) in [6.45, 7) is 4.91. The monoisotopic (exact) mass is 888 g/mol. The van der Waals surface area contributed by atoms with E-state index in [0.29, 0.717) is 25.9 Å². The maximum atomic E-state index is 12.4. The van der Waals surface area contributed by atoms with Crippen molar-refractivity contribution in [2.24, 2.45) is 0 Å². The van der Waals surface area contributed by atoms with Crippen LogP contribution >= 0.6 is 0 Å². The van der Waals surface area contributed by atoms with Gasteiger partial charge in [0.05, 0.1) is 25.4 Å². The van der Waals surface area contributed by atoms with E-state index in [4.69, 9.17) is 4.74 Å². The summed E-state index contributed by atoms with van der Waals surface area (Å²) in [5, 5.41) is 23.2. The van der Waals surface area contributed by atoms with Gasteiger partial charge in [-0.3, -0.25) is 9.59 Å². The molecule has 0 saturated heterocycles. The zero-order chi connectivity index (χ0) is 45.8. The SMILES string of the molecule is CCCCCCCCCCCCCCCCCCCCC(=O)OCCCCC/C=C\C=C/CCCCCCCCC(=O)NC(CO)C(O)CCCCCCCCCCCCCCC. The highest BCUT2D eigenvalue weighted by Gasteiger charge is 2.20. The zero-order valence-corrected chi connectivity index (χ0v) is 42.3. The van der Waals surface area contributed by atoms with Crippen LogP contribution in [0.1, 0.15) is 303 Å². The summed E-state index contributed by atoms with van der Waals surface area (Å²) < 4.78 is 5.46. The number of hydrogen-bond acceptors (Lipinski definition) is 5. The Hall–Kier alpha value is -1.66. The quantitative estimate of drug-likeness (QED) is 0.0321. The van der Waals surface area contributed by atoms with Crippen molar-refractivity contribution in [1.82, 2.24) is 5.32 Å². The molecule has 0 aromatic carbocycles. The van der Waals surface area contributed by atoms with Crippen molar-refractivity contribution in [2.45, 2.75) is 315 Å². The molecular weight excluding hydrogens is 779 g/mol. The number of nitrogens with one attached hydrogen (secondary N) is 1. The number of allylic oxidation sites excluding steroid dienone is 4. The summed E-state index contributed by atoms with van der Waals surface area (Å²) in [6.07, 6.45) is 63.1. The average molecular weight is 889 g/mol. The Balaban J connectivity index is 3.48. The topological polar surface area (TPSA) is 95.9 Å². The van der Waals surface area contributed by atoms with Crippen LogP contribution in [-0.2, 0) is 14.3 Å². The van der Waals surface area contributed by atoms with E-state index in [9.17, 15) is 19.8 Å². The second kappa shape index (κ2) is 53.0. The Morgan fingerprint density at radius 2 is 0.778 bits per heavy atom.